The van der Waals surface area contributed by atoms with E-state index in [9.17, 15) is 14.7 Å². The van der Waals surface area contributed by atoms with Crippen LogP contribution < -0.4 is 0 Å². The van der Waals surface area contributed by atoms with E-state index in [2.05, 4.69) is 9.88 Å². The molecule has 37 heavy (non-hydrogen) atoms. The Hall–Kier alpha value is -4.43. The highest BCUT2D eigenvalue weighted by Crippen LogP contribution is 2.32. The van der Waals surface area contributed by atoms with Crippen molar-refractivity contribution in [1.29, 1.82) is 0 Å². The second kappa shape index (κ2) is 11.5. The third kappa shape index (κ3) is 6.23. The summed E-state index contributed by atoms with van der Waals surface area (Å²) in [6.45, 7) is 2.24. The first-order valence-corrected chi connectivity index (χ1v) is 11.9. The van der Waals surface area contributed by atoms with Gasteiger partial charge in [-0.1, -0.05) is 48.5 Å². The van der Waals surface area contributed by atoms with E-state index in [1.165, 1.54) is 5.56 Å². The Bertz CT molecular complexity index is 1420. The fourth-order valence-corrected chi connectivity index (χ4v) is 3.99. The van der Waals surface area contributed by atoms with Crippen LogP contribution in [0, 0.1) is 0 Å². The Morgan fingerprint density at radius 1 is 0.946 bits per heavy atom. The quantitative estimate of drug-likeness (QED) is 0.253. The van der Waals surface area contributed by atoms with Crippen LogP contribution in [0.4, 0.5) is 5.69 Å². The van der Waals surface area contributed by atoms with E-state index in [0.29, 0.717) is 22.2 Å². The standard InChI is InChI=1S/C29H29N3O5/c1-4-36-25(33)18-37-29(35)21-12-15-23-24(16-21)31-28(34)26(23)27(20-8-6-5-7-9-20)30-22-13-10-19(11-14-22)17-32(2)3/h5-16,31,34H,4,17-18H2,1-3H3. The van der Waals surface area contributed by atoms with Crippen molar-refractivity contribution in [2.75, 3.05) is 27.3 Å². The first-order valence-electron chi connectivity index (χ1n) is 11.9. The van der Waals surface area contributed by atoms with Gasteiger partial charge in [0.2, 0.25) is 0 Å². The number of nitrogens with zero attached hydrogens (tertiary/aromatic N) is 2. The van der Waals surface area contributed by atoms with Crippen LogP contribution in [0.2, 0.25) is 0 Å². The summed E-state index contributed by atoms with van der Waals surface area (Å²) in [5, 5.41) is 11.6. The summed E-state index contributed by atoms with van der Waals surface area (Å²) in [5.74, 6) is -1.35. The summed E-state index contributed by atoms with van der Waals surface area (Å²) in [4.78, 5) is 33.9. The molecule has 0 aliphatic carbocycles. The van der Waals surface area contributed by atoms with Gasteiger partial charge in [-0.05, 0) is 50.8 Å². The molecule has 0 bridgehead atoms. The number of aromatic nitrogens is 1. The Balaban J connectivity index is 1.71. The zero-order valence-electron chi connectivity index (χ0n) is 21.0. The van der Waals surface area contributed by atoms with Crippen LogP contribution in [0.3, 0.4) is 0 Å². The van der Waals surface area contributed by atoms with Crippen molar-refractivity contribution in [2.24, 2.45) is 4.99 Å². The normalized spacial score (nSPS) is 11.6. The highest BCUT2D eigenvalue weighted by molar-refractivity contribution is 6.22. The molecule has 0 atom stereocenters. The Morgan fingerprint density at radius 2 is 1.68 bits per heavy atom. The minimum absolute atomic E-state index is 0.0705. The Morgan fingerprint density at radius 3 is 2.35 bits per heavy atom. The zero-order valence-corrected chi connectivity index (χ0v) is 21.0. The van der Waals surface area contributed by atoms with E-state index in [0.717, 1.165) is 17.8 Å². The number of carbonyl (C=O) groups excluding carboxylic acids is 2. The van der Waals surface area contributed by atoms with Gasteiger partial charge in [0.25, 0.3) is 0 Å². The van der Waals surface area contributed by atoms with Crippen molar-refractivity contribution < 1.29 is 24.2 Å². The molecule has 4 aromatic rings. The van der Waals surface area contributed by atoms with Crippen LogP contribution in [0.5, 0.6) is 5.88 Å². The monoisotopic (exact) mass is 499 g/mol. The number of aliphatic imine (C=N–C) groups is 1. The molecular weight excluding hydrogens is 470 g/mol. The van der Waals surface area contributed by atoms with E-state index in [4.69, 9.17) is 14.5 Å². The van der Waals surface area contributed by atoms with Crippen molar-refractivity contribution in [3.05, 3.63) is 95.1 Å². The van der Waals surface area contributed by atoms with Crippen LogP contribution in [0.15, 0.2) is 77.8 Å². The van der Waals surface area contributed by atoms with Crippen LogP contribution in [-0.2, 0) is 20.8 Å². The first kappa shape index (κ1) is 25.7. The lowest BCUT2D eigenvalue weighted by Crippen LogP contribution is -2.16. The molecule has 8 nitrogen and oxygen atoms in total. The van der Waals surface area contributed by atoms with Crippen LogP contribution in [0.1, 0.15) is 34.0 Å². The number of hydrogen-bond donors (Lipinski definition) is 2. The topological polar surface area (TPSA) is 104 Å². The molecule has 0 amide bonds. The lowest BCUT2D eigenvalue weighted by Gasteiger charge is -2.10. The molecule has 1 aromatic heterocycles. The van der Waals surface area contributed by atoms with Crippen molar-refractivity contribution in [3.8, 4) is 5.88 Å². The SMILES string of the molecule is CCOC(=O)COC(=O)c1ccc2c(C(=Nc3ccc(CN(C)C)cc3)c3ccccc3)c(O)[nH]c2c1. The second-order valence-electron chi connectivity index (χ2n) is 8.72. The molecule has 190 valence electrons. The summed E-state index contributed by atoms with van der Waals surface area (Å²) in [6, 6.07) is 22.4. The maximum Gasteiger partial charge on any atom is 0.344 e. The number of hydrogen-bond acceptors (Lipinski definition) is 7. The van der Waals surface area contributed by atoms with E-state index in [1.807, 2.05) is 68.7 Å². The van der Waals surface area contributed by atoms with Crippen LogP contribution >= 0.6 is 0 Å². The molecule has 4 rings (SSSR count). The summed E-state index contributed by atoms with van der Waals surface area (Å²) in [5.41, 5.74) is 4.61. The predicted molar refractivity (Wildman–Crippen MR) is 142 cm³/mol. The highest BCUT2D eigenvalue weighted by Gasteiger charge is 2.20. The molecule has 8 heteroatoms. The number of nitrogens with one attached hydrogen (secondary N) is 1. The summed E-state index contributed by atoms with van der Waals surface area (Å²) in [6.07, 6.45) is 0. The van der Waals surface area contributed by atoms with Crippen molar-refractivity contribution in [2.45, 2.75) is 13.5 Å². The van der Waals surface area contributed by atoms with E-state index in [1.54, 1.807) is 25.1 Å². The van der Waals surface area contributed by atoms with Crippen molar-refractivity contribution in [3.63, 3.8) is 0 Å². The fourth-order valence-electron chi connectivity index (χ4n) is 3.99. The van der Waals surface area contributed by atoms with E-state index >= 15 is 0 Å². The number of aromatic hydroxyl groups is 1. The first-order chi connectivity index (χ1) is 17.9. The molecular formula is C29H29N3O5. The molecule has 0 saturated carbocycles. The average Bonchev–Trinajstić information content (AvgIpc) is 3.22. The number of rotatable bonds is 9. The van der Waals surface area contributed by atoms with Gasteiger partial charge in [0.15, 0.2) is 12.5 Å². The average molecular weight is 500 g/mol. The third-order valence-corrected chi connectivity index (χ3v) is 5.60. The molecule has 0 fully saturated rings. The second-order valence-corrected chi connectivity index (χ2v) is 8.72. The molecule has 0 unspecified atom stereocenters. The minimum Gasteiger partial charge on any atom is -0.494 e. The Labute approximate surface area is 215 Å². The number of H-pyrrole nitrogens is 1. The Kier molecular flexibility index (Phi) is 8.00. The molecule has 0 spiro atoms. The number of benzene rings is 3. The minimum atomic E-state index is -0.666. The summed E-state index contributed by atoms with van der Waals surface area (Å²) in [7, 11) is 4.04. The largest absolute Gasteiger partial charge is 0.494 e. The molecule has 0 radical (unpaired) electrons. The molecule has 1 heterocycles. The van der Waals surface area contributed by atoms with Gasteiger partial charge in [-0.25, -0.2) is 14.6 Å². The fraction of sp³-hybridized carbons (Fsp3) is 0.207. The van der Waals surface area contributed by atoms with Gasteiger partial charge in [0, 0.05) is 23.0 Å². The van der Waals surface area contributed by atoms with Gasteiger partial charge in [-0.2, -0.15) is 0 Å². The number of carbonyl (C=O) groups is 2. The lowest BCUT2D eigenvalue weighted by molar-refractivity contribution is -0.146. The van der Waals surface area contributed by atoms with E-state index in [-0.39, 0.29) is 18.1 Å². The van der Waals surface area contributed by atoms with Gasteiger partial charge >= 0.3 is 11.9 Å². The van der Waals surface area contributed by atoms with Crippen LogP contribution in [-0.4, -0.2) is 59.9 Å². The lowest BCUT2D eigenvalue weighted by atomic mass is 10.00. The molecule has 0 aliphatic rings. The predicted octanol–water partition coefficient (Wildman–Crippen LogP) is 4.82. The zero-order chi connectivity index (χ0) is 26.4. The summed E-state index contributed by atoms with van der Waals surface area (Å²) >= 11 is 0. The highest BCUT2D eigenvalue weighted by atomic mass is 16.6. The smallest absolute Gasteiger partial charge is 0.344 e. The molecule has 2 N–H and O–H groups in total. The number of fused-ring (bicyclic) bond motifs is 1. The van der Waals surface area contributed by atoms with Crippen molar-refractivity contribution in [1.82, 2.24) is 9.88 Å². The van der Waals surface area contributed by atoms with Gasteiger partial charge in [-0.3, -0.25) is 0 Å². The third-order valence-electron chi connectivity index (χ3n) is 5.60. The number of esters is 2. The number of aromatic amines is 1. The molecule has 3 aromatic carbocycles. The summed E-state index contributed by atoms with van der Waals surface area (Å²) < 4.78 is 9.83. The van der Waals surface area contributed by atoms with Gasteiger partial charge in [-0.15, -0.1) is 0 Å². The maximum absolute atomic E-state index is 12.4. The van der Waals surface area contributed by atoms with Crippen molar-refractivity contribution >= 4 is 34.2 Å². The number of ether oxygens (including phenoxy) is 2. The molecule has 0 aliphatic heterocycles. The molecule has 0 saturated heterocycles. The maximum atomic E-state index is 12.4. The van der Waals surface area contributed by atoms with Crippen LogP contribution in [0.25, 0.3) is 10.9 Å². The van der Waals surface area contributed by atoms with Gasteiger partial charge < -0.3 is 24.5 Å². The van der Waals surface area contributed by atoms with E-state index < -0.39 is 18.5 Å². The van der Waals surface area contributed by atoms with Gasteiger partial charge in [0.05, 0.1) is 29.1 Å². The van der Waals surface area contributed by atoms with Gasteiger partial charge in [0.1, 0.15) is 0 Å².